The number of hydrogen-bond donors (Lipinski definition) is 0. The molecule has 0 aromatic carbocycles. The van der Waals surface area contributed by atoms with Gasteiger partial charge < -0.3 is 4.90 Å². The second kappa shape index (κ2) is 5.46. The lowest BCUT2D eigenvalue weighted by Gasteiger charge is -2.24. The van der Waals surface area contributed by atoms with Crippen molar-refractivity contribution in [2.24, 2.45) is 29.6 Å². The Morgan fingerprint density at radius 2 is 1.74 bits per heavy atom. The van der Waals surface area contributed by atoms with Gasteiger partial charge in [-0.05, 0) is 43.4 Å². The first-order chi connectivity index (χ1) is 11.1. The minimum Gasteiger partial charge on any atom is -0.341 e. The second-order valence-corrected chi connectivity index (χ2v) is 7.68. The Hall–Kier alpha value is -1.65. The molecule has 2 aliphatic heterocycles. The van der Waals surface area contributed by atoms with Gasteiger partial charge in [-0.3, -0.25) is 19.3 Å². The van der Waals surface area contributed by atoms with Crippen molar-refractivity contribution in [3.8, 4) is 0 Å². The maximum absolute atomic E-state index is 12.6. The SMILES string of the molecule is C[C@H]1CCCN(C(=O)CN2C(=O)[C@@H]3[C@H](C2=O)[C@H]2C=C[C@H]3C2)CC1. The molecule has 0 aromatic rings. The van der Waals surface area contributed by atoms with Crippen LogP contribution >= 0.6 is 0 Å². The van der Waals surface area contributed by atoms with Crippen LogP contribution in [0.1, 0.15) is 32.6 Å². The van der Waals surface area contributed by atoms with Crippen LogP contribution in [0.2, 0.25) is 0 Å². The van der Waals surface area contributed by atoms with Crippen LogP contribution in [0, 0.1) is 29.6 Å². The average molecular weight is 316 g/mol. The molecule has 5 heteroatoms. The van der Waals surface area contributed by atoms with E-state index in [1.165, 1.54) is 4.90 Å². The van der Waals surface area contributed by atoms with Crippen molar-refractivity contribution >= 4 is 17.7 Å². The van der Waals surface area contributed by atoms with Crippen LogP contribution in [0.3, 0.4) is 0 Å². The van der Waals surface area contributed by atoms with Gasteiger partial charge in [-0.1, -0.05) is 19.1 Å². The molecule has 2 aliphatic carbocycles. The van der Waals surface area contributed by atoms with Crippen molar-refractivity contribution in [3.63, 3.8) is 0 Å². The molecule has 3 amide bonds. The minimum atomic E-state index is -0.200. The van der Waals surface area contributed by atoms with E-state index in [-0.39, 0.29) is 47.9 Å². The van der Waals surface area contributed by atoms with E-state index < -0.39 is 0 Å². The Morgan fingerprint density at radius 3 is 2.39 bits per heavy atom. The molecule has 23 heavy (non-hydrogen) atoms. The van der Waals surface area contributed by atoms with Gasteiger partial charge >= 0.3 is 0 Å². The molecular formula is C18H24N2O3. The zero-order valence-electron chi connectivity index (χ0n) is 13.6. The predicted octanol–water partition coefficient (Wildman–Crippen LogP) is 1.44. The quantitative estimate of drug-likeness (QED) is 0.572. The third kappa shape index (κ3) is 2.32. The van der Waals surface area contributed by atoms with Crippen LogP contribution in [-0.4, -0.2) is 47.2 Å². The van der Waals surface area contributed by atoms with Gasteiger partial charge in [-0.15, -0.1) is 0 Å². The molecule has 0 unspecified atom stereocenters. The molecule has 0 spiro atoms. The van der Waals surface area contributed by atoms with Gasteiger partial charge in [0.15, 0.2) is 0 Å². The zero-order chi connectivity index (χ0) is 16.1. The van der Waals surface area contributed by atoms with Crippen molar-refractivity contribution in [2.75, 3.05) is 19.6 Å². The number of amides is 3. The molecule has 5 atom stereocenters. The standard InChI is InChI=1S/C18H24N2O3/c1-11-3-2-7-19(8-6-11)14(21)10-20-17(22)15-12-4-5-13(9-12)16(15)18(20)23/h4-5,11-13,15-16H,2-3,6-10H2,1H3/t11-,12-,13-,15-,16+/m0/s1. The van der Waals surface area contributed by atoms with E-state index in [1.807, 2.05) is 4.90 Å². The van der Waals surface area contributed by atoms with Gasteiger partial charge in [0.25, 0.3) is 0 Å². The Labute approximate surface area is 136 Å². The highest BCUT2D eigenvalue weighted by atomic mass is 16.2. The monoisotopic (exact) mass is 316 g/mol. The minimum absolute atomic E-state index is 0.0571. The highest BCUT2D eigenvalue weighted by Crippen LogP contribution is 2.52. The van der Waals surface area contributed by atoms with Gasteiger partial charge in [0, 0.05) is 13.1 Å². The van der Waals surface area contributed by atoms with Crippen LogP contribution in [-0.2, 0) is 14.4 Å². The summed E-state index contributed by atoms with van der Waals surface area (Å²) in [5, 5.41) is 0. The van der Waals surface area contributed by atoms with E-state index in [1.54, 1.807) is 0 Å². The number of likely N-dealkylation sites (tertiary alicyclic amines) is 2. The summed E-state index contributed by atoms with van der Waals surface area (Å²) in [4.78, 5) is 40.9. The molecule has 0 N–H and O–H groups in total. The predicted molar refractivity (Wildman–Crippen MR) is 84.0 cm³/mol. The number of imide groups is 1. The van der Waals surface area contributed by atoms with Crippen molar-refractivity contribution in [1.29, 1.82) is 0 Å². The Balaban J connectivity index is 1.44. The Kier molecular flexibility index (Phi) is 3.54. The summed E-state index contributed by atoms with van der Waals surface area (Å²) >= 11 is 0. The van der Waals surface area contributed by atoms with E-state index in [9.17, 15) is 14.4 Å². The molecule has 124 valence electrons. The maximum atomic E-state index is 12.6. The second-order valence-electron chi connectivity index (χ2n) is 7.68. The van der Waals surface area contributed by atoms with Crippen LogP contribution in [0.15, 0.2) is 12.2 Å². The number of nitrogens with zero attached hydrogens (tertiary/aromatic N) is 2. The summed E-state index contributed by atoms with van der Waals surface area (Å²) in [6.45, 7) is 3.65. The highest BCUT2D eigenvalue weighted by Gasteiger charge is 2.59. The lowest BCUT2D eigenvalue weighted by Crippen LogP contribution is -2.44. The van der Waals surface area contributed by atoms with Crippen molar-refractivity contribution < 1.29 is 14.4 Å². The van der Waals surface area contributed by atoms with Crippen LogP contribution in [0.4, 0.5) is 0 Å². The fraction of sp³-hybridized carbons (Fsp3) is 0.722. The fourth-order valence-electron chi connectivity index (χ4n) is 4.87. The van der Waals surface area contributed by atoms with Crippen LogP contribution in [0.5, 0.6) is 0 Å². The number of carbonyl (C=O) groups excluding carboxylic acids is 3. The van der Waals surface area contributed by atoms with E-state index in [0.29, 0.717) is 5.92 Å². The summed E-state index contributed by atoms with van der Waals surface area (Å²) in [6.07, 6.45) is 8.25. The lowest BCUT2D eigenvalue weighted by molar-refractivity contribution is -0.147. The van der Waals surface area contributed by atoms with Crippen LogP contribution < -0.4 is 0 Å². The molecule has 3 fully saturated rings. The van der Waals surface area contributed by atoms with Gasteiger partial charge in [-0.2, -0.15) is 0 Å². The first-order valence-electron chi connectivity index (χ1n) is 8.87. The third-order valence-corrected chi connectivity index (χ3v) is 6.22. The molecule has 0 radical (unpaired) electrons. The van der Waals surface area contributed by atoms with Gasteiger partial charge in [0.2, 0.25) is 17.7 Å². The summed E-state index contributed by atoms with van der Waals surface area (Å²) < 4.78 is 0. The Bertz CT molecular complexity index is 555. The molecule has 4 rings (SSSR count). The highest BCUT2D eigenvalue weighted by molar-refractivity contribution is 6.08. The number of carbonyl (C=O) groups is 3. The molecule has 2 heterocycles. The smallest absolute Gasteiger partial charge is 0.242 e. The molecule has 2 saturated heterocycles. The molecule has 1 saturated carbocycles. The van der Waals surface area contributed by atoms with E-state index in [0.717, 1.165) is 38.8 Å². The van der Waals surface area contributed by atoms with Gasteiger partial charge in [-0.25, -0.2) is 0 Å². The van der Waals surface area contributed by atoms with Crippen molar-refractivity contribution in [3.05, 3.63) is 12.2 Å². The maximum Gasteiger partial charge on any atom is 0.242 e. The first-order valence-corrected chi connectivity index (χ1v) is 8.87. The van der Waals surface area contributed by atoms with Gasteiger partial charge in [0.1, 0.15) is 6.54 Å². The molecular weight excluding hydrogens is 292 g/mol. The van der Waals surface area contributed by atoms with E-state index >= 15 is 0 Å². The van der Waals surface area contributed by atoms with E-state index in [4.69, 9.17) is 0 Å². The van der Waals surface area contributed by atoms with E-state index in [2.05, 4.69) is 19.1 Å². The topological polar surface area (TPSA) is 57.7 Å². The van der Waals surface area contributed by atoms with Crippen LogP contribution in [0.25, 0.3) is 0 Å². The molecule has 4 aliphatic rings. The zero-order valence-corrected chi connectivity index (χ0v) is 13.6. The Morgan fingerprint density at radius 1 is 1.09 bits per heavy atom. The van der Waals surface area contributed by atoms with Gasteiger partial charge in [0.05, 0.1) is 11.8 Å². The number of fused-ring (bicyclic) bond motifs is 5. The lowest BCUT2D eigenvalue weighted by atomic mass is 9.85. The molecule has 0 aromatic heterocycles. The summed E-state index contributed by atoms with van der Waals surface area (Å²) in [6, 6.07) is 0. The summed E-state index contributed by atoms with van der Waals surface area (Å²) in [7, 11) is 0. The van der Waals surface area contributed by atoms with Crippen molar-refractivity contribution in [2.45, 2.75) is 32.6 Å². The number of allylic oxidation sites excluding steroid dienone is 2. The number of rotatable bonds is 2. The summed E-state index contributed by atoms with van der Waals surface area (Å²) in [5.74, 6) is 0.358. The normalized spacial score (nSPS) is 39.1. The first kappa shape index (κ1) is 14.9. The molecule has 2 bridgehead atoms. The third-order valence-electron chi connectivity index (χ3n) is 6.22. The average Bonchev–Trinajstić information content (AvgIpc) is 3.15. The largest absolute Gasteiger partial charge is 0.341 e. The van der Waals surface area contributed by atoms with Crippen molar-refractivity contribution in [1.82, 2.24) is 9.80 Å². The summed E-state index contributed by atoms with van der Waals surface area (Å²) in [5.41, 5.74) is 0. The fourth-order valence-corrected chi connectivity index (χ4v) is 4.87. The number of hydrogen-bond acceptors (Lipinski definition) is 3. The molecule has 5 nitrogen and oxygen atoms in total.